The van der Waals surface area contributed by atoms with Crippen molar-refractivity contribution in [1.29, 1.82) is 5.26 Å². The van der Waals surface area contributed by atoms with Gasteiger partial charge in [-0.1, -0.05) is 72.3 Å². The smallest absolute Gasteiger partial charge is 0.134 e. The minimum atomic E-state index is 0.528. The summed E-state index contributed by atoms with van der Waals surface area (Å²) in [6.07, 6.45) is 1.86. The summed E-state index contributed by atoms with van der Waals surface area (Å²) in [7, 11) is 0. The molecular weight excluding hydrogens is 388 g/mol. The molecule has 0 saturated carbocycles. The zero-order valence-electron chi connectivity index (χ0n) is 16.6. The first-order valence-electron chi connectivity index (χ1n) is 9.63. The average Bonchev–Trinajstić information content (AvgIpc) is 3.28. The highest BCUT2D eigenvalue weighted by molar-refractivity contribution is 7.11. The summed E-state index contributed by atoms with van der Waals surface area (Å²) >= 11 is 1.48. The Morgan fingerprint density at radius 1 is 1.00 bits per heavy atom. The van der Waals surface area contributed by atoms with Crippen molar-refractivity contribution >= 4 is 23.0 Å². The molecule has 0 aliphatic heterocycles. The molecule has 30 heavy (non-hydrogen) atoms. The van der Waals surface area contributed by atoms with Gasteiger partial charge < -0.3 is 4.74 Å². The van der Waals surface area contributed by atoms with Gasteiger partial charge in [0.05, 0.1) is 11.3 Å². The van der Waals surface area contributed by atoms with Gasteiger partial charge in [-0.15, -0.1) is 11.3 Å². The van der Waals surface area contributed by atoms with Crippen LogP contribution in [0.5, 0.6) is 5.75 Å². The van der Waals surface area contributed by atoms with Gasteiger partial charge in [-0.05, 0) is 36.3 Å². The summed E-state index contributed by atoms with van der Waals surface area (Å²) in [4.78, 5) is 4.66. The third-order valence-corrected chi connectivity index (χ3v) is 5.52. The number of hydrogen-bond acceptors (Lipinski definition) is 4. The molecule has 0 fully saturated rings. The van der Waals surface area contributed by atoms with E-state index in [0.29, 0.717) is 12.2 Å². The van der Waals surface area contributed by atoms with Crippen molar-refractivity contribution in [2.45, 2.75) is 13.5 Å². The van der Waals surface area contributed by atoms with E-state index in [9.17, 15) is 5.26 Å². The maximum Gasteiger partial charge on any atom is 0.134 e. The second-order valence-corrected chi connectivity index (χ2v) is 7.78. The average molecular weight is 409 g/mol. The standard InChI is InChI=1S/C26H20N2OS/c1-19-7-11-22(12-8-19)25-18-30-26(28-25)23(16-27)15-20-9-13-24(14-10-20)29-17-21-5-3-2-4-6-21/h2-15,18H,17H2,1H3. The van der Waals surface area contributed by atoms with E-state index in [4.69, 9.17) is 4.74 Å². The molecular formula is C26H20N2OS. The molecule has 1 heterocycles. The molecule has 3 aromatic carbocycles. The summed E-state index contributed by atoms with van der Waals surface area (Å²) < 4.78 is 5.83. The monoisotopic (exact) mass is 408 g/mol. The van der Waals surface area contributed by atoms with Crippen LogP contribution in [0.25, 0.3) is 22.9 Å². The van der Waals surface area contributed by atoms with Crippen LogP contribution in [-0.4, -0.2) is 4.98 Å². The molecule has 3 nitrogen and oxygen atoms in total. The Bertz CT molecular complexity index is 1180. The molecule has 0 bridgehead atoms. The van der Waals surface area contributed by atoms with Crippen molar-refractivity contribution in [3.8, 4) is 23.1 Å². The van der Waals surface area contributed by atoms with Crippen LogP contribution in [0.4, 0.5) is 0 Å². The molecule has 0 aliphatic rings. The van der Waals surface area contributed by atoms with E-state index in [2.05, 4.69) is 42.2 Å². The van der Waals surface area contributed by atoms with Crippen LogP contribution in [-0.2, 0) is 6.61 Å². The van der Waals surface area contributed by atoms with E-state index in [1.165, 1.54) is 16.9 Å². The van der Waals surface area contributed by atoms with Gasteiger partial charge in [0.25, 0.3) is 0 Å². The number of nitriles is 1. The minimum Gasteiger partial charge on any atom is -0.489 e. The SMILES string of the molecule is Cc1ccc(-c2csc(C(C#N)=Cc3ccc(OCc4ccccc4)cc3)n2)cc1. The van der Waals surface area contributed by atoms with Crippen LogP contribution in [0.15, 0.2) is 84.2 Å². The first-order chi connectivity index (χ1) is 14.7. The van der Waals surface area contributed by atoms with E-state index in [-0.39, 0.29) is 0 Å². The van der Waals surface area contributed by atoms with Gasteiger partial charge >= 0.3 is 0 Å². The van der Waals surface area contributed by atoms with Crippen LogP contribution in [0.3, 0.4) is 0 Å². The molecule has 0 aliphatic carbocycles. The fraction of sp³-hybridized carbons (Fsp3) is 0.0769. The van der Waals surface area contributed by atoms with Crippen LogP contribution < -0.4 is 4.74 Å². The van der Waals surface area contributed by atoms with Crippen LogP contribution >= 0.6 is 11.3 Å². The van der Waals surface area contributed by atoms with E-state index in [1.807, 2.05) is 66.1 Å². The van der Waals surface area contributed by atoms with Crippen molar-refractivity contribution in [2.75, 3.05) is 0 Å². The predicted molar refractivity (Wildman–Crippen MR) is 123 cm³/mol. The predicted octanol–water partition coefficient (Wildman–Crippen LogP) is 6.76. The first-order valence-corrected chi connectivity index (χ1v) is 10.5. The Kier molecular flexibility index (Phi) is 6.03. The fourth-order valence-electron chi connectivity index (χ4n) is 2.96. The Balaban J connectivity index is 1.47. The summed E-state index contributed by atoms with van der Waals surface area (Å²) in [5, 5.41) is 12.4. The lowest BCUT2D eigenvalue weighted by Crippen LogP contribution is -1.94. The zero-order chi connectivity index (χ0) is 20.8. The van der Waals surface area contributed by atoms with E-state index in [0.717, 1.165) is 33.1 Å². The van der Waals surface area contributed by atoms with Gasteiger partial charge in [-0.25, -0.2) is 4.98 Å². The lowest BCUT2D eigenvalue weighted by molar-refractivity contribution is 0.306. The van der Waals surface area contributed by atoms with Crippen molar-refractivity contribution in [3.05, 3.63) is 106 Å². The van der Waals surface area contributed by atoms with Gasteiger partial charge in [-0.2, -0.15) is 5.26 Å². The number of rotatable bonds is 6. The van der Waals surface area contributed by atoms with Crippen molar-refractivity contribution in [1.82, 2.24) is 4.98 Å². The number of benzene rings is 3. The summed E-state index contributed by atoms with van der Waals surface area (Å²) in [6.45, 7) is 2.59. The molecule has 0 unspecified atom stereocenters. The fourth-order valence-corrected chi connectivity index (χ4v) is 3.76. The summed E-state index contributed by atoms with van der Waals surface area (Å²) in [5.41, 5.74) is 5.77. The van der Waals surface area contributed by atoms with E-state index < -0.39 is 0 Å². The summed E-state index contributed by atoms with van der Waals surface area (Å²) in [5.74, 6) is 0.797. The van der Waals surface area contributed by atoms with Crippen molar-refractivity contribution < 1.29 is 4.74 Å². The van der Waals surface area contributed by atoms with Crippen molar-refractivity contribution in [3.63, 3.8) is 0 Å². The number of hydrogen-bond donors (Lipinski definition) is 0. The third-order valence-electron chi connectivity index (χ3n) is 4.64. The van der Waals surface area contributed by atoms with Crippen LogP contribution in [0.2, 0.25) is 0 Å². The molecule has 0 radical (unpaired) electrons. The maximum atomic E-state index is 9.65. The topological polar surface area (TPSA) is 45.9 Å². The second kappa shape index (κ2) is 9.21. The lowest BCUT2D eigenvalue weighted by Gasteiger charge is -2.06. The minimum absolute atomic E-state index is 0.528. The molecule has 4 rings (SSSR count). The maximum absolute atomic E-state index is 9.65. The molecule has 0 atom stereocenters. The molecule has 4 aromatic rings. The summed E-state index contributed by atoms with van der Waals surface area (Å²) in [6, 6.07) is 28.3. The molecule has 146 valence electrons. The molecule has 1 aromatic heterocycles. The lowest BCUT2D eigenvalue weighted by atomic mass is 10.1. The number of aryl methyl sites for hydroxylation is 1. The zero-order valence-corrected chi connectivity index (χ0v) is 17.4. The van der Waals surface area contributed by atoms with E-state index in [1.54, 1.807) is 0 Å². The van der Waals surface area contributed by atoms with Gasteiger partial charge in [0.1, 0.15) is 23.4 Å². The highest BCUT2D eigenvalue weighted by atomic mass is 32.1. The molecule has 4 heteroatoms. The van der Waals surface area contributed by atoms with Gasteiger partial charge in [0, 0.05) is 10.9 Å². The Morgan fingerprint density at radius 2 is 1.73 bits per heavy atom. The van der Waals surface area contributed by atoms with Gasteiger partial charge in [-0.3, -0.25) is 0 Å². The van der Waals surface area contributed by atoms with Crippen LogP contribution in [0, 0.1) is 18.3 Å². The van der Waals surface area contributed by atoms with Gasteiger partial charge in [0.15, 0.2) is 0 Å². The Labute approximate surface area is 180 Å². The highest BCUT2D eigenvalue weighted by Gasteiger charge is 2.09. The van der Waals surface area contributed by atoms with E-state index >= 15 is 0 Å². The Morgan fingerprint density at radius 3 is 2.43 bits per heavy atom. The number of ether oxygens (including phenoxy) is 1. The quantitative estimate of drug-likeness (QED) is 0.331. The third kappa shape index (κ3) is 4.83. The molecule has 0 N–H and O–H groups in total. The van der Waals surface area contributed by atoms with Gasteiger partial charge in [0.2, 0.25) is 0 Å². The Hall–Kier alpha value is -3.68. The van der Waals surface area contributed by atoms with Crippen LogP contribution in [0.1, 0.15) is 21.7 Å². The normalized spacial score (nSPS) is 11.1. The molecule has 0 spiro atoms. The second-order valence-electron chi connectivity index (χ2n) is 6.92. The largest absolute Gasteiger partial charge is 0.489 e. The number of nitrogens with zero attached hydrogens (tertiary/aromatic N) is 2. The number of thiazole rings is 1. The van der Waals surface area contributed by atoms with Crippen molar-refractivity contribution in [2.24, 2.45) is 0 Å². The molecule has 0 amide bonds. The number of allylic oxidation sites excluding steroid dienone is 1. The molecule has 0 saturated heterocycles. The number of aromatic nitrogens is 1. The highest BCUT2D eigenvalue weighted by Crippen LogP contribution is 2.27. The first kappa shape index (κ1) is 19.6.